The number of benzene rings is 3. The van der Waals surface area contributed by atoms with Gasteiger partial charge in [0.25, 0.3) is 0 Å². The van der Waals surface area contributed by atoms with E-state index in [1.54, 1.807) is 42.5 Å². The Hall–Kier alpha value is -3.58. The largest absolute Gasteiger partial charge is 0.423 e. The Morgan fingerprint density at radius 3 is 2.63 bits per heavy atom. The molecule has 148 valence electrons. The van der Waals surface area contributed by atoms with Gasteiger partial charge in [-0.05, 0) is 54.1 Å². The summed E-state index contributed by atoms with van der Waals surface area (Å²) in [5.41, 5.74) is 1.18. The van der Waals surface area contributed by atoms with Crippen LogP contribution in [0, 0.1) is 5.82 Å². The van der Waals surface area contributed by atoms with Crippen molar-refractivity contribution in [3.8, 4) is 5.75 Å². The highest BCUT2D eigenvalue weighted by Crippen LogP contribution is 2.23. The Labute approximate surface area is 179 Å². The predicted octanol–water partition coefficient (Wildman–Crippen LogP) is 5.15. The van der Waals surface area contributed by atoms with Crippen LogP contribution in [0.3, 0.4) is 0 Å². The highest BCUT2D eigenvalue weighted by molar-refractivity contribution is 9.10. The van der Waals surface area contributed by atoms with E-state index in [1.165, 1.54) is 24.3 Å². The van der Waals surface area contributed by atoms with Gasteiger partial charge < -0.3 is 9.47 Å². The fourth-order valence-electron chi connectivity index (χ4n) is 2.77. The molecular formula is C23H13BrFNO4. The third-order valence-electron chi connectivity index (χ3n) is 4.16. The number of ether oxygens (including phenoxy) is 2. The van der Waals surface area contributed by atoms with Gasteiger partial charge >= 0.3 is 11.9 Å². The van der Waals surface area contributed by atoms with Gasteiger partial charge in [-0.15, -0.1) is 0 Å². The second-order valence-corrected chi connectivity index (χ2v) is 7.20. The van der Waals surface area contributed by atoms with Gasteiger partial charge in [0, 0.05) is 10.0 Å². The number of carbonyl (C=O) groups is 2. The van der Waals surface area contributed by atoms with Crippen LogP contribution in [-0.4, -0.2) is 17.8 Å². The summed E-state index contributed by atoms with van der Waals surface area (Å²) < 4.78 is 25.1. The summed E-state index contributed by atoms with van der Waals surface area (Å²) in [7, 11) is 0. The lowest BCUT2D eigenvalue weighted by Crippen LogP contribution is -2.10. The van der Waals surface area contributed by atoms with Gasteiger partial charge in [0.15, 0.2) is 5.70 Å². The molecule has 0 spiro atoms. The van der Waals surface area contributed by atoms with Crippen LogP contribution >= 0.6 is 15.9 Å². The van der Waals surface area contributed by atoms with E-state index in [2.05, 4.69) is 20.9 Å². The van der Waals surface area contributed by atoms with Crippen LogP contribution < -0.4 is 4.74 Å². The Morgan fingerprint density at radius 1 is 1.03 bits per heavy atom. The maximum absolute atomic E-state index is 13.8. The lowest BCUT2D eigenvalue weighted by Gasteiger charge is -2.06. The topological polar surface area (TPSA) is 65.0 Å². The average Bonchev–Trinajstić information content (AvgIpc) is 3.09. The van der Waals surface area contributed by atoms with Crippen molar-refractivity contribution in [3.05, 3.63) is 105 Å². The Bertz CT molecular complexity index is 1220. The molecule has 0 amide bonds. The van der Waals surface area contributed by atoms with Crippen LogP contribution in [0.15, 0.2) is 88.0 Å². The van der Waals surface area contributed by atoms with Gasteiger partial charge in [0.1, 0.15) is 11.6 Å². The van der Waals surface area contributed by atoms with Gasteiger partial charge in [-0.3, -0.25) is 0 Å². The minimum absolute atomic E-state index is 0.113. The number of hydrogen-bond donors (Lipinski definition) is 0. The smallest absolute Gasteiger partial charge is 0.363 e. The molecule has 0 unspecified atom stereocenters. The van der Waals surface area contributed by atoms with Crippen LogP contribution in [-0.2, 0) is 9.53 Å². The first-order chi connectivity index (χ1) is 14.5. The molecule has 1 aliphatic rings. The summed E-state index contributed by atoms with van der Waals surface area (Å²) in [6.07, 6.45) is 1.52. The van der Waals surface area contributed by atoms with Crippen molar-refractivity contribution in [2.75, 3.05) is 0 Å². The number of rotatable bonds is 4. The monoisotopic (exact) mass is 465 g/mol. The van der Waals surface area contributed by atoms with E-state index in [1.807, 2.05) is 12.1 Å². The quantitative estimate of drug-likeness (QED) is 0.303. The van der Waals surface area contributed by atoms with Crippen LogP contribution in [0.4, 0.5) is 4.39 Å². The summed E-state index contributed by atoms with van der Waals surface area (Å²) in [5, 5.41) is 0. The molecule has 1 aliphatic heterocycles. The van der Waals surface area contributed by atoms with Gasteiger partial charge in [0.2, 0.25) is 5.90 Å². The third kappa shape index (κ3) is 4.36. The molecule has 0 radical (unpaired) electrons. The van der Waals surface area contributed by atoms with Gasteiger partial charge in [0.05, 0.1) is 5.56 Å². The number of aliphatic imine (C=N–C) groups is 1. The fraction of sp³-hybridized carbons (Fsp3) is 0. The van der Waals surface area contributed by atoms with Crippen molar-refractivity contribution in [3.63, 3.8) is 0 Å². The number of halogens is 2. The number of carbonyl (C=O) groups excluding carboxylic acids is 2. The number of esters is 2. The molecule has 30 heavy (non-hydrogen) atoms. The Balaban J connectivity index is 1.57. The molecule has 0 saturated carbocycles. The van der Waals surface area contributed by atoms with E-state index in [0.717, 1.165) is 4.47 Å². The van der Waals surface area contributed by atoms with Gasteiger partial charge in [-0.2, -0.15) is 0 Å². The normalized spacial score (nSPS) is 14.4. The third-order valence-corrected chi connectivity index (χ3v) is 4.65. The first-order valence-electron chi connectivity index (χ1n) is 8.85. The molecule has 1 heterocycles. The van der Waals surface area contributed by atoms with Crippen LogP contribution in [0.5, 0.6) is 5.75 Å². The van der Waals surface area contributed by atoms with Gasteiger partial charge in [-0.25, -0.2) is 19.0 Å². The second kappa shape index (κ2) is 8.42. The maximum atomic E-state index is 13.8. The lowest BCUT2D eigenvalue weighted by molar-refractivity contribution is -0.129. The molecule has 0 aromatic heterocycles. The highest BCUT2D eigenvalue weighted by Gasteiger charge is 2.24. The molecule has 3 aromatic carbocycles. The molecule has 0 aliphatic carbocycles. The van der Waals surface area contributed by atoms with Crippen molar-refractivity contribution < 1.29 is 23.5 Å². The van der Waals surface area contributed by atoms with Crippen molar-refractivity contribution in [1.82, 2.24) is 0 Å². The van der Waals surface area contributed by atoms with E-state index in [4.69, 9.17) is 9.47 Å². The molecule has 0 N–H and O–H groups in total. The zero-order chi connectivity index (χ0) is 21.1. The molecule has 4 rings (SSSR count). The van der Waals surface area contributed by atoms with E-state index < -0.39 is 17.8 Å². The summed E-state index contributed by atoms with van der Waals surface area (Å²) in [6.45, 7) is 0. The standard InChI is InChI=1S/C23H13BrFNO4/c24-16-7-4-6-15(13-16)21-26-20(23(28)30-21)12-14-5-3-8-17(11-14)29-22(27)18-9-1-2-10-19(18)25/h1-13H/b20-12-. The Morgan fingerprint density at radius 2 is 1.83 bits per heavy atom. The lowest BCUT2D eigenvalue weighted by atomic mass is 10.2. The zero-order valence-corrected chi connectivity index (χ0v) is 16.9. The van der Waals surface area contributed by atoms with Crippen molar-refractivity contribution in [2.24, 2.45) is 4.99 Å². The number of nitrogens with zero attached hydrogens (tertiary/aromatic N) is 1. The van der Waals surface area contributed by atoms with E-state index in [0.29, 0.717) is 11.1 Å². The minimum Gasteiger partial charge on any atom is -0.423 e. The van der Waals surface area contributed by atoms with Crippen LogP contribution in [0.1, 0.15) is 21.5 Å². The molecule has 3 aromatic rings. The van der Waals surface area contributed by atoms with E-state index >= 15 is 0 Å². The van der Waals surface area contributed by atoms with Crippen molar-refractivity contribution in [2.45, 2.75) is 0 Å². The SMILES string of the molecule is O=C1OC(c2cccc(Br)c2)=N/C1=C\c1cccc(OC(=O)c2ccccc2F)c1. The minimum atomic E-state index is -0.812. The average molecular weight is 466 g/mol. The summed E-state index contributed by atoms with van der Waals surface area (Å²) in [5.74, 6) is -1.65. The van der Waals surface area contributed by atoms with Gasteiger partial charge in [-0.1, -0.05) is 46.3 Å². The zero-order valence-electron chi connectivity index (χ0n) is 15.3. The van der Waals surface area contributed by atoms with Crippen LogP contribution in [0.2, 0.25) is 0 Å². The molecule has 5 nitrogen and oxygen atoms in total. The molecule has 0 saturated heterocycles. The molecule has 7 heteroatoms. The first-order valence-corrected chi connectivity index (χ1v) is 9.64. The highest BCUT2D eigenvalue weighted by atomic mass is 79.9. The molecular weight excluding hydrogens is 453 g/mol. The second-order valence-electron chi connectivity index (χ2n) is 6.29. The van der Waals surface area contributed by atoms with E-state index in [9.17, 15) is 14.0 Å². The maximum Gasteiger partial charge on any atom is 0.363 e. The number of cyclic esters (lactones) is 1. The molecule has 0 bridgehead atoms. The van der Waals surface area contributed by atoms with Crippen molar-refractivity contribution >= 4 is 39.8 Å². The predicted molar refractivity (Wildman–Crippen MR) is 113 cm³/mol. The number of hydrogen-bond acceptors (Lipinski definition) is 5. The summed E-state index contributed by atoms with van der Waals surface area (Å²) >= 11 is 3.37. The van der Waals surface area contributed by atoms with Crippen molar-refractivity contribution in [1.29, 1.82) is 0 Å². The molecule has 0 atom stereocenters. The molecule has 0 fully saturated rings. The summed E-state index contributed by atoms with van der Waals surface area (Å²) in [6, 6.07) is 19.3. The summed E-state index contributed by atoms with van der Waals surface area (Å²) in [4.78, 5) is 28.6. The Kier molecular flexibility index (Phi) is 5.54. The fourth-order valence-corrected chi connectivity index (χ4v) is 3.17. The van der Waals surface area contributed by atoms with E-state index in [-0.39, 0.29) is 22.9 Å². The van der Waals surface area contributed by atoms with Crippen LogP contribution in [0.25, 0.3) is 6.08 Å². The first kappa shape index (κ1) is 19.7.